The van der Waals surface area contributed by atoms with Gasteiger partial charge in [-0.2, -0.15) is 0 Å². The highest BCUT2D eigenvalue weighted by molar-refractivity contribution is 7.10. The van der Waals surface area contributed by atoms with Crippen LogP contribution in [0.1, 0.15) is 52.9 Å². The number of carboxylic acids is 1. The van der Waals surface area contributed by atoms with Gasteiger partial charge in [0.15, 0.2) is 0 Å². The maximum Gasteiger partial charge on any atom is 0.336 e. The van der Waals surface area contributed by atoms with E-state index in [-0.39, 0.29) is 0 Å². The summed E-state index contributed by atoms with van der Waals surface area (Å²) in [5, 5.41) is 10.9. The van der Waals surface area contributed by atoms with Crippen LogP contribution in [0.4, 0.5) is 0 Å². The van der Waals surface area contributed by atoms with Gasteiger partial charge in [0.25, 0.3) is 0 Å². The van der Waals surface area contributed by atoms with E-state index in [2.05, 4.69) is 6.92 Å². The molecule has 2 nitrogen and oxygen atoms in total. The van der Waals surface area contributed by atoms with E-state index in [9.17, 15) is 4.79 Å². The molecule has 0 amide bonds. The number of aromatic carboxylic acids is 1. The predicted molar refractivity (Wildman–Crippen MR) is 57.2 cm³/mol. The van der Waals surface area contributed by atoms with E-state index in [0.717, 1.165) is 24.8 Å². The fourth-order valence-electron chi connectivity index (χ4n) is 2.28. The number of thiophene rings is 1. The maximum absolute atomic E-state index is 11.0. The van der Waals surface area contributed by atoms with Crippen molar-refractivity contribution in [1.29, 1.82) is 0 Å². The minimum atomic E-state index is -0.761. The monoisotopic (exact) mass is 210 g/mol. The van der Waals surface area contributed by atoms with Crippen molar-refractivity contribution in [3.8, 4) is 0 Å². The van der Waals surface area contributed by atoms with Gasteiger partial charge in [-0.25, -0.2) is 4.79 Å². The Hall–Kier alpha value is -0.830. The van der Waals surface area contributed by atoms with E-state index in [0.29, 0.717) is 11.5 Å². The Morgan fingerprint density at radius 3 is 3.14 bits per heavy atom. The van der Waals surface area contributed by atoms with Gasteiger partial charge in [-0.15, -0.1) is 11.3 Å². The number of carbonyl (C=O) groups is 1. The molecule has 1 unspecified atom stereocenters. The Labute approximate surface area is 87.6 Å². The van der Waals surface area contributed by atoms with E-state index in [1.807, 2.05) is 0 Å². The van der Waals surface area contributed by atoms with Gasteiger partial charge in [-0.1, -0.05) is 6.92 Å². The lowest BCUT2D eigenvalue weighted by molar-refractivity contribution is 0.0695. The van der Waals surface area contributed by atoms with Gasteiger partial charge < -0.3 is 5.11 Å². The molecule has 1 N–H and O–H groups in total. The largest absolute Gasteiger partial charge is 0.478 e. The summed E-state index contributed by atoms with van der Waals surface area (Å²) in [5.74, 6) is -0.279. The third kappa shape index (κ3) is 1.46. The average Bonchev–Trinajstić information content (AvgIpc) is 2.60. The van der Waals surface area contributed by atoms with E-state index < -0.39 is 5.97 Å². The molecule has 0 saturated heterocycles. The molecule has 1 heterocycles. The molecule has 0 radical (unpaired) electrons. The quantitative estimate of drug-likeness (QED) is 0.813. The highest BCUT2D eigenvalue weighted by Crippen LogP contribution is 2.39. The number of hydrogen-bond donors (Lipinski definition) is 1. The fourth-order valence-corrected chi connectivity index (χ4v) is 3.43. The highest BCUT2D eigenvalue weighted by atomic mass is 32.1. The lowest BCUT2D eigenvalue weighted by Crippen LogP contribution is -2.10. The molecule has 2 rings (SSSR count). The van der Waals surface area contributed by atoms with Crippen molar-refractivity contribution in [3.63, 3.8) is 0 Å². The Bertz CT molecular complexity index is 354. The summed E-state index contributed by atoms with van der Waals surface area (Å²) < 4.78 is 0. The first-order valence-corrected chi connectivity index (χ1v) is 5.95. The maximum atomic E-state index is 11.0. The number of rotatable bonds is 2. The molecule has 1 atom stereocenters. The van der Waals surface area contributed by atoms with Gasteiger partial charge in [0.1, 0.15) is 0 Å². The van der Waals surface area contributed by atoms with E-state index in [1.165, 1.54) is 11.3 Å². The molecule has 0 aliphatic heterocycles. The number of carboxylic acid groups (broad SMARTS) is 1. The SMILES string of the molecule is CCC1CCCc2scc(C(=O)O)c21. The van der Waals surface area contributed by atoms with Crippen LogP contribution < -0.4 is 0 Å². The molecule has 76 valence electrons. The van der Waals surface area contributed by atoms with Crippen LogP contribution in [-0.2, 0) is 6.42 Å². The molecule has 1 aromatic rings. The van der Waals surface area contributed by atoms with Gasteiger partial charge in [-0.05, 0) is 37.2 Å². The van der Waals surface area contributed by atoms with E-state index in [4.69, 9.17) is 5.11 Å². The second-order valence-corrected chi connectivity index (χ2v) is 4.75. The van der Waals surface area contributed by atoms with Crippen molar-refractivity contribution in [2.75, 3.05) is 0 Å². The van der Waals surface area contributed by atoms with E-state index in [1.54, 1.807) is 16.7 Å². The van der Waals surface area contributed by atoms with Crippen molar-refractivity contribution in [2.45, 2.75) is 38.5 Å². The number of aryl methyl sites for hydroxylation is 1. The summed E-state index contributed by atoms with van der Waals surface area (Å²) in [5.41, 5.74) is 1.69. The summed E-state index contributed by atoms with van der Waals surface area (Å²) in [6.45, 7) is 2.14. The molecule has 0 fully saturated rings. The zero-order valence-corrected chi connectivity index (χ0v) is 9.06. The first-order chi connectivity index (χ1) is 6.74. The zero-order valence-electron chi connectivity index (χ0n) is 8.25. The normalized spacial score (nSPS) is 20.5. The Morgan fingerprint density at radius 2 is 2.50 bits per heavy atom. The van der Waals surface area contributed by atoms with Crippen LogP contribution in [0.3, 0.4) is 0 Å². The van der Waals surface area contributed by atoms with Crippen molar-refractivity contribution < 1.29 is 9.90 Å². The van der Waals surface area contributed by atoms with Gasteiger partial charge in [0.2, 0.25) is 0 Å². The van der Waals surface area contributed by atoms with Crippen LogP contribution in [0.5, 0.6) is 0 Å². The molecule has 1 aliphatic carbocycles. The molecular formula is C11H14O2S. The van der Waals surface area contributed by atoms with Crippen molar-refractivity contribution >= 4 is 17.3 Å². The van der Waals surface area contributed by atoms with Crippen LogP contribution >= 0.6 is 11.3 Å². The molecule has 1 aromatic heterocycles. The summed E-state index contributed by atoms with van der Waals surface area (Å²) in [6.07, 6.45) is 4.50. The smallest absolute Gasteiger partial charge is 0.336 e. The summed E-state index contributed by atoms with van der Waals surface area (Å²) >= 11 is 1.62. The van der Waals surface area contributed by atoms with E-state index >= 15 is 0 Å². The average molecular weight is 210 g/mol. The van der Waals surface area contributed by atoms with Gasteiger partial charge in [0, 0.05) is 10.3 Å². The number of fused-ring (bicyclic) bond motifs is 1. The lowest BCUT2D eigenvalue weighted by atomic mass is 9.84. The first-order valence-electron chi connectivity index (χ1n) is 5.07. The van der Waals surface area contributed by atoms with Gasteiger partial charge in [0.05, 0.1) is 5.56 Å². The van der Waals surface area contributed by atoms with Crippen LogP contribution in [0.15, 0.2) is 5.38 Å². The predicted octanol–water partition coefficient (Wildman–Crippen LogP) is 3.28. The second kappa shape index (κ2) is 3.73. The molecule has 1 aliphatic rings. The third-order valence-electron chi connectivity index (χ3n) is 3.00. The minimum absolute atomic E-state index is 0.482. The topological polar surface area (TPSA) is 37.3 Å². The van der Waals surface area contributed by atoms with Crippen LogP contribution in [-0.4, -0.2) is 11.1 Å². The lowest BCUT2D eigenvalue weighted by Gasteiger charge is -2.21. The molecular weight excluding hydrogens is 196 g/mol. The summed E-state index contributed by atoms with van der Waals surface area (Å²) in [7, 11) is 0. The molecule has 14 heavy (non-hydrogen) atoms. The van der Waals surface area contributed by atoms with Gasteiger partial charge in [-0.3, -0.25) is 0 Å². The summed E-state index contributed by atoms with van der Waals surface area (Å²) in [4.78, 5) is 12.3. The number of hydrogen-bond acceptors (Lipinski definition) is 2. The Kier molecular flexibility index (Phi) is 2.59. The van der Waals surface area contributed by atoms with Crippen molar-refractivity contribution in [2.24, 2.45) is 0 Å². The molecule has 0 bridgehead atoms. The van der Waals surface area contributed by atoms with Crippen LogP contribution in [0, 0.1) is 0 Å². The molecule has 0 spiro atoms. The Morgan fingerprint density at radius 1 is 1.71 bits per heavy atom. The standard InChI is InChI=1S/C11H14O2S/c1-2-7-4-3-5-9-10(7)8(6-14-9)11(12)13/h6-7H,2-5H2,1H3,(H,12,13). The van der Waals surface area contributed by atoms with Crippen LogP contribution in [0.2, 0.25) is 0 Å². The highest BCUT2D eigenvalue weighted by Gasteiger charge is 2.26. The Balaban J connectivity index is 2.46. The van der Waals surface area contributed by atoms with Crippen LogP contribution in [0.25, 0.3) is 0 Å². The zero-order chi connectivity index (χ0) is 10.1. The minimum Gasteiger partial charge on any atom is -0.478 e. The van der Waals surface area contributed by atoms with Crippen molar-refractivity contribution in [1.82, 2.24) is 0 Å². The molecule has 0 saturated carbocycles. The second-order valence-electron chi connectivity index (χ2n) is 3.79. The fraction of sp³-hybridized carbons (Fsp3) is 0.545. The first kappa shape index (κ1) is 9.71. The summed E-state index contributed by atoms with van der Waals surface area (Å²) in [6, 6.07) is 0. The van der Waals surface area contributed by atoms with Crippen molar-refractivity contribution in [3.05, 3.63) is 21.4 Å². The third-order valence-corrected chi connectivity index (χ3v) is 4.06. The molecule has 0 aromatic carbocycles. The molecule has 3 heteroatoms. The van der Waals surface area contributed by atoms with Gasteiger partial charge >= 0.3 is 5.97 Å².